The van der Waals surface area contributed by atoms with Crippen molar-refractivity contribution in [3.05, 3.63) is 111 Å². The zero-order valence-electron chi connectivity index (χ0n) is 26.7. The molecule has 0 saturated carbocycles. The minimum atomic E-state index is -1.05. The number of hydrogen-bond acceptors (Lipinski definition) is 7. The topological polar surface area (TPSA) is 126 Å². The van der Waals surface area contributed by atoms with Gasteiger partial charge in [-0.05, 0) is 85.3 Å². The summed E-state index contributed by atoms with van der Waals surface area (Å²) in [6.07, 6.45) is 0. The van der Waals surface area contributed by atoms with E-state index in [4.69, 9.17) is 26.1 Å². The predicted molar refractivity (Wildman–Crippen MR) is 194 cm³/mol. The summed E-state index contributed by atoms with van der Waals surface area (Å²) in [6, 6.07) is 22.4. The van der Waals surface area contributed by atoms with Crippen molar-refractivity contribution in [1.82, 2.24) is 15.1 Å². The molecule has 0 saturated heterocycles. The smallest absolute Gasteiger partial charge is 0.336 e. The fourth-order valence-corrected chi connectivity index (χ4v) is 8.15. The highest BCUT2D eigenvalue weighted by molar-refractivity contribution is 7.21. The monoisotopic (exact) mass is 683 g/mol. The van der Waals surface area contributed by atoms with Gasteiger partial charge in [0.05, 0.1) is 38.1 Å². The Morgan fingerprint density at radius 3 is 2.10 bits per heavy atom. The highest BCUT2D eigenvalue weighted by Gasteiger charge is 2.23. The van der Waals surface area contributed by atoms with Gasteiger partial charge < -0.3 is 14.7 Å². The second-order valence-corrected chi connectivity index (χ2v) is 13.8. The Morgan fingerprint density at radius 1 is 0.714 bits per heavy atom. The van der Waals surface area contributed by atoms with E-state index >= 15 is 0 Å². The SMILES string of the molecule is Cc1ccc(C)c2c(C(=O)O)cc(-c3onc4cc(-c5cc(C)c6c(C(=O)O)cc(-c7sc(Cl)c8ccccc78)nc6c5C)ccc34)nc12. The molecule has 0 radical (unpaired) electrons. The quantitative estimate of drug-likeness (QED) is 0.183. The standard InChI is InChI=1S/C39H26ClN3O5S/c1-17-9-10-18(2)33-31(17)26(38(44)45)15-29(41-33)35-24-12-11-21(14-28(24)43-48-35)25-13-19(3)32-27(39(46)47)16-30(42-34(32)20(25)4)36-22-7-5-6-8-23(22)37(40)49-36/h5-16H,1-4H3,(H,44,45)(H,46,47). The van der Waals surface area contributed by atoms with Crippen molar-refractivity contribution in [3.8, 4) is 33.2 Å². The van der Waals surface area contributed by atoms with Crippen LogP contribution in [0.15, 0.2) is 77.3 Å². The lowest BCUT2D eigenvalue weighted by Gasteiger charge is -2.15. The van der Waals surface area contributed by atoms with Crippen molar-refractivity contribution in [3.63, 3.8) is 0 Å². The molecule has 4 aromatic carbocycles. The van der Waals surface area contributed by atoms with Crippen LogP contribution in [-0.4, -0.2) is 37.3 Å². The molecule has 0 fully saturated rings. The molecule has 49 heavy (non-hydrogen) atoms. The molecule has 0 aliphatic rings. The third-order valence-electron chi connectivity index (χ3n) is 9.19. The molecule has 10 heteroatoms. The van der Waals surface area contributed by atoms with Crippen molar-refractivity contribution >= 4 is 78.4 Å². The lowest BCUT2D eigenvalue weighted by Crippen LogP contribution is -2.03. The molecule has 0 bridgehead atoms. The van der Waals surface area contributed by atoms with Crippen molar-refractivity contribution in [2.45, 2.75) is 27.7 Å². The molecule has 0 aliphatic heterocycles. The van der Waals surface area contributed by atoms with E-state index in [9.17, 15) is 19.8 Å². The van der Waals surface area contributed by atoms with Crippen LogP contribution in [0, 0.1) is 27.7 Å². The third-order valence-corrected chi connectivity index (χ3v) is 10.7. The minimum Gasteiger partial charge on any atom is -0.478 e. The van der Waals surface area contributed by atoms with Crippen LogP contribution in [0.1, 0.15) is 43.0 Å². The van der Waals surface area contributed by atoms with E-state index in [0.717, 1.165) is 49.0 Å². The highest BCUT2D eigenvalue weighted by atomic mass is 35.5. The van der Waals surface area contributed by atoms with E-state index < -0.39 is 11.9 Å². The second kappa shape index (κ2) is 11.2. The van der Waals surface area contributed by atoms with E-state index in [1.165, 1.54) is 17.4 Å². The molecular weight excluding hydrogens is 658 g/mol. The number of halogens is 1. The van der Waals surface area contributed by atoms with Crippen LogP contribution in [0.5, 0.6) is 0 Å². The summed E-state index contributed by atoms with van der Waals surface area (Å²) in [4.78, 5) is 35.6. The Bertz CT molecular complexity index is 2750. The van der Waals surface area contributed by atoms with Crippen LogP contribution in [0.2, 0.25) is 4.34 Å². The average molecular weight is 684 g/mol. The van der Waals surface area contributed by atoms with E-state index in [1.54, 1.807) is 6.07 Å². The Hall–Kier alpha value is -5.64. The summed E-state index contributed by atoms with van der Waals surface area (Å²) < 4.78 is 6.44. The van der Waals surface area contributed by atoms with Crippen LogP contribution < -0.4 is 0 Å². The van der Waals surface area contributed by atoms with E-state index in [-0.39, 0.29) is 11.1 Å². The first-order valence-electron chi connectivity index (χ1n) is 15.4. The van der Waals surface area contributed by atoms with Gasteiger partial charge in [0, 0.05) is 21.5 Å². The number of rotatable bonds is 5. The summed E-state index contributed by atoms with van der Waals surface area (Å²) in [5.41, 5.74) is 7.98. The molecule has 0 spiro atoms. The van der Waals surface area contributed by atoms with Crippen molar-refractivity contribution < 1.29 is 24.3 Å². The number of aryl methyl sites for hydroxylation is 4. The number of thiophene rings is 1. The number of carboxylic acid groups (broad SMARTS) is 2. The summed E-state index contributed by atoms with van der Waals surface area (Å²) >= 11 is 7.97. The van der Waals surface area contributed by atoms with Gasteiger partial charge in [-0.3, -0.25) is 0 Å². The predicted octanol–water partition coefficient (Wildman–Crippen LogP) is 10.4. The van der Waals surface area contributed by atoms with Gasteiger partial charge in [0.2, 0.25) is 0 Å². The summed E-state index contributed by atoms with van der Waals surface area (Å²) in [5, 5.41) is 28.4. The average Bonchev–Trinajstić information content (AvgIpc) is 3.67. The number of nitrogens with zero attached hydrogens (tertiary/aromatic N) is 3. The Morgan fingerprint density at radius 2 is 1.37 bits per heavy atom. The van der Waals surface area contributed by atoms with Gasteiger partial charge in [0.15, 0.2) is 5.76 Å². The summed E-state index contributed by atoms with van der Waals surface area (Å²) in [5.74, 6) is -1.71. The Labute approximate surface area is 288 Å². The zero-order chi connectivity index (χ0) is 34.3. The molecule has 8 rings (SSSR count). The maximum Gasteiger partial charge on any atom is 0.336 e. The fraction of sp³-hybridized carbons (Fsp3) is 0.103. The molecule has 0 atom stereocenters. The van der Waals surface area contributed by atoms with Gasteiger partial charge in [-0.25, -0.2) is 19.6 Å². The third kappa shape index (κ3) is 4.76. The number of benzene rings is 4. The van der Waals surface area contributed by atoms with E-state index in [1.807, 2.05) is 88.4 Å². The molecule has 8 aromatic rings. The number of hydrogen-bond donors (Lipinski definition) is 2. The number of pyridine rings is 2. The number of carboxylic acids is 2. The molecular formula is C39H26ClN3O5S. The van der Waals surface area contributed by atoms with Crippen LogP contribution in [0.4, 0.5) is 0 Å². The first-order chi connectivity index (χ1) is 23.5. The van der Waals surface area contributed by atoms with Gasteiger partial charge in [0.1, 0.15) is 15.5 Å². The van der Waals surface area contributed by atoms with Gasteiger partial charge in [-0.15, -0.1) is 11.3 Å². The number of aromatic nitrogens is 3. The molecule has 4 heterocycles. The first-order valence-corrected chi connectivity index (χ1v) is 16.6. The van der Waals surface area contributed by atoms with Gasteiger partial charge >= 0.3 is 11.9 Å². The molecule has 8 nitrogen and oxygen atoms in total. The van der Waals surface area contributed by atoms with Gasteiger partial charge in [-0.2, -0.15) is 0 Å². The van der Waals surface area contributed by atoms with Crippen LogP contribution >= 0.6 is 22.9 Å². The lowest BCUT2D eigenvalue weighted by molar-refractivity contribution is 0.0688. The number of carbonyl (C=O) groups is 2. The first kappa shape index (κ1) is 30.7. The van der Waals surface area contributed by atoms with Crippen molar-refractivity contribution in [2.24, 2.45) is 0 Å². The van der Waals surface area contributed by atoms with Crippen molar-refractivity contribution in [2.75, 3.05) is 0 Å². The normalized spacial score (nSPS) is 11.7. The van der Waals surface area contributed by atoms with Gasteiger partial charge in [0.25, 0.3) is 0 Å². The lowest BCUT2D eigenvalue weighted by atomic mass is 9.91. The molecule has 0 amide bonds. The zero-order valence-corrected chi connectivity index (χ0v) is 28.2. The maximum absolute atomic E-state index is 12.6. The molecule has 0 unspecified atom stereocenters. The Kier molecular flexibility index (Phi) is 7.03. The maximum atomic E-state index is 12.6. The second-order valence-electron chi connectivity index (χ2n) is 12.2. The molecule has 240 valence electrons. The van der Waals surface area contributed by atoms with E-state index in [2.05, 4.69) is 5.16 Å². The molecule has 4 aromatic heterocycles. The van der Waals surface area contributed by atoms with Crippen LogP contribution in [0.3, 0.4) is 0 Å². The largest absolute Gasteiger partial charge is 0.478 e. The Balaban J connectivity index is 1.30. The van der Waals surface area contributed by atoms with E-state index in [0.29, 0.717) is 54.2 Å². The highest BCUT2D eigenvalue weighted by Crippen LogP contribution is 2.43. The summed E-state index contributed by atoms with van der Waals surface area (Å²) in [7, 11) is 0. The van der Waals surface area contributed by atoms with Crippen LogP contribution in [0.25, 0.3) is 76.6 Å². The molecule has 0 aliphatic carbocycles. The fourth-order valence-electron chi connectivity index (χ4n) is 6.79. The van der Waals surface area contributed by atoms with Crippen molar-refractivity contribution in [1.29, 1.82) is 0 Å². The molecule has 2 N–H and O–H groups in total. The number of fused-ring (bicyclic) bond motifs is 4. The summed E-state index contributed by atoms with van der Waals surface area (Å²) in [6.45, 7) is 7.60. The van der Waals surface area contributed by atoms with Gasteiger partial charge in [-0.1, -0.05) is 65.3 Å². The minimum absolute atomic E-state index is 0.148. The number of aromatic carboxylic acids is 2. The van der Waals surface area contributed by atoms with Crippen LogP contribution in [-0.2, 0) is 0 Å².